The maximum Gasteiger partial charge on any atom is 0.267 e. The van der Waals surface area contributed by atoms with Crippen molar-refractivity contribution in [3.63, 3.8) is 0 Å². The smallest absolute Gasteiger partial charge is 0.267 e. The van der Waals surface area contributed by atoms with Crippen LogP contribution in [0.1, 0.15) is 12.0 Å². The fourth-order valence-corrected chi connectivity index (χ4v) is 0.892. The third kappa shape index (κ3) is 1.64. The van der Waals surface area contributed by atoms with Crippen molar-refractivity contribution in [1.82, 2.24) is 0 Å². The average molecular weight is 174 g/mol. The molecule has 1 aromatic carbocycles. The third-order valence-electron chi connectivity index (χ3n) is 1.45. The second-order valence-electron chi connectivity index (χ2n) is 2.23. The van der Waals surface area contributed by atoms with E-state index >= 15 is 0 Å². The second kappa shape index (κ2) is 3.38. The Bertz CT molecular complexity index is 274. The number of alkyl halides is 2. The van der Waals surface area contributed by atoms with Gasteiger partial charge in [-0.25, -0.2) is 8.78 Å². The molecule has 0 heterocycles. The fourth-order valence-electron chi connectivity index (χ4n) is 0.892. The summed E-state index contributed by atoms with van der Waals surface area (Å²) in [6, 6.07) is 3.59. The SMILES string of the molecule is COc1ccc(O)cc1C(F)F. The molecule has 0 saturated heterocycles. The number of methoxy groups -OCH3 is 1. The highest BCUT2D eigenvalue weighted by atomic mass is 19.3. The lowest BCUT2D eigenvalue weighted by molar-refractivity contribution is 0.146. The quantitative estimate of drug-likeness (QED) is 0.745. The van der Waals surface area contributed by atoms with Crippen LogP contribution in [0.15, 0.2) is 18.2 Å². The van der Waals surface area contributed by atoms with Gasteiger partial charge in [0, 0.05) is 0 Å². The van der Waals surface area contributed by atoms with Gasteiger partial charge < -0.3 is 9.84 Å². The highest BCUT2D eigenvalue weighted by Crippen LogP contribution is 2.31. The van der Waals surface area contributed by atoms with Crippen molar-refractivity contribution in [3.8, 4) is 11.5 Å². The van der Waals surface area contributed by atoms with Gasteiger partial charge in [0.15, 0.2) is 0 Å². The molecule has 0 aliphatic carbocycles. The van der Waals surface area contributed by atoms with Gasteiger partial charge >= 0.3 is 0 Å². The number of rotatable bonds is 2. The summed E-state index contributed by atoms with van der Waals surface area (Å²) in [6.45, 7) is 0. The number of halogens is 2. The van der Waals surface area contributed by atoms with Gasteiger partial charge in [0.2, 0.25) is 0 Å². The van der Waals surface area contributed by atoms with Gasteiger partial charge in [0.1, 0.15) is 11.5 Å². The van der Waals surface area contributed by atoms with Crippen molar-refractivity contribution in [2.24, 2.45) is 0 Å². The summed E-state index contributed by atoms with van der Waals surface area (Å²) in [6.07, 6.45) is -2.63. The Hall–Kier alpha value is -1.32. The van der Waals surface area contributed by atoms with Crippen molar-refractivity contribution >= 4 is 0 Å². The largest absolute Gasteiger partial charge is 0.508 e. The van der Waals surface area contributed by atoms with Crippen LogP contribution in [0.4, 0.5) is 8.78 Å². The van der Waals surface area contributed by atoms with Crippen molar-refractivity contribution < 1.29 is 18.6 Å². The van der Waals surface area contributed by atoms with Crippen LogP contribution in [0.2, 0.25) is 0 Å². The molecule has 0 bridgehead atoms. The van der Waals surface area contributed by atoms with E-state index in [9.17, 15) is 8.78 Å². The minimum Gasteiger partial charge on any atom is -0.508 e. The molecule has 0 aromatic heterocycles. The Labute approximate surface area is 68.4 Å². The molecule has 0 fully saturated rings. The number of phenols is 1. The normalized spacial score (nSPS) is 10.3. The van der Waals surface area contributed by atoms with Crippen LogP contribution < -0.4 is 4.74 Å². The molecule has 1 rings (SSSR count). The second-order valence-corrected chi connectivity index (χ2v) is 2.23. The number of phenolic OH excluding ortho intramolecular Hbond substituents is 1. The van der Waals surface area contributed by atoms with Crippen LogP contribution >= 0.6 is 0 Å². The van der Waals surface area contributed by atoms with Crippen LogP contribution in [0.3, 0.4) is 0 Å². The first-order valence-electron chi connectivity index (χ1n) is 3.30. The van der Waals surface area contributed by atoms with E-state index in [1.807, 2.05) is 0 Å². The van der Waals surface area contributed by atoms with Gasteiger partial charge in [0.25, 0.3) is 6.43 Å². The molecule has 0 saturated carbocycles. The van der Waals surface area contributed by atoms with Crippen molar-refractivity contribution in [3.05, 3.63) is 23.8 Å². The molecule has 0 radical (unpaired) electrons. The molecular formula is C8H8F2O2. The van der Waals surface area contributed by atoms with Crippen LogP contribution in [-0.2, 0) is 0 Å². The molecule has 0 atom stereocenters. The van der Waals surface area contributed by atoms with E-state index in [2.05, 4.69) is 4.74 Å². The van der Waals surface area contributed by atoms with Gasteiger partial charge in [0.05, 0.1) is 12.7 Å². The summed E-state index contributed by atoms with van der Waals surface area (Å²) < 4.78 is 29.1. The zero-order valence-electron chi connectivity index (χ0n) is 6.42. The summed E-state index contributed by atoms with van der Waals surface area (Å²) in [7, 11) is 1.30. The van der Waals surface area contributed by atoms with E-state index < -0.39 is 6.43 Å². The molecule has 0 spiro atoms. The predicted octanol–water partition coefficient (Wildman–Crippen LogP) is 2.34. The minimum atomic E-state index is -2.63. The summed E-state index contributed by atoms with van der Waals surface area (Å²) in [5.41, 5.74) is -0.294. The monoisotopic (exact) mass is 174 g/mol. The fraction of sp³-hybridized carbons (Fsp3) is 0.250. The first-order valence-corrected chi connectivity index (χ1v) is 3.30. The molecule has 12 heavy (non-hydrogen) atoms. The predicted molar refractivity (Wildman–Crippen MR) is 39.6 cm³/mol. The van der Waals surface area contributed by atoms with Crippen molar-refractivity contribution in [1.29, 1.82) is 0 Å². The van der Waals surface area contributed by atoms with E-state index in [-0.39, 0.29) is 17.1 Å². The lowest BCUT2D eigenvalue weighted by atomic mass is 10.2. The van der Waals surface area contributed by atoms with E-state index in [4.69, 9.17) is 5.11 Å². The van der Waals surface area contributed by atoms with Gasteiger partial charge in [-0.2, -0.15) is 0 Å². The minimum absolute atomic E-state index is 0.0859. The van der Waals surface area contributed by atoms with Gasteiger partial charge in [-0.15, -0.1) is 0 Å². The molecule has 0 unspecified atom stereocenters. The standard InChI is InChI=1S/C8H8F2O2/c1-12-7-3-2-5(11)4-6(7)8(9)10/h2-4,8,11H,1H3. The molecule has 1 aromatic rings. The zero-order chi connectivity index (χ0) is 9.14. The molecular weight excluding hydrogens is 166 g/mol. The molecule has 4 heteroatoms. The lowest BCUT2D eigenvalue weighted by Gasteiger charge is -2.06. The van der Waals surface area contributed by atoms with Crippen LogP contribution in [0.25, 0.3) is 0 Å². The van der Waals surface area contributed by atoms with E-state index in [0.29, 0.717) is 0 Å². The maximum atomic E-state index is 12.2. The number of ether oxygens (including phenoxy) is 1. The zero-order valence-corrected chi connectivity index (χ0v) is 6.42. The Balaban J connectivity index is 3.12. The van der Waals surface area contributed by atoms with E-state index in [1.165, 1.54) is 19.2 Å². The van der Waals surface area contributed by atoms with E-state index in [1.54, 1.807) is 0 Å². The Morgan fingerprint density at radius 3 is 2.58 bits per heavy atom. The highest BCUT2D eigenvalue weighted by Gasteiger charge is 2.13. The first kappa shape index (κ1) is 8.77. The Morgan fingerprint density at radius 2 is 2.08 bits per heavy atom. The third-order valence-corrected chi connectivity index (χ3v) is 1.45. The van der Waals surface area contributed by atoms with Gasteiger partial charge in [-0.1, -0.05) is 0 Å². The number of aromatic hydroxyl groups is 1. The summed E-state index contributed by atoms with van der Waals surface area (Å²) in [5, 5.41) is 8.89. The van der Waals surface area contributed by atoms with Crippen molar-refractivity contribution in [2.75, 3.05) is 7.11 Å². The van der Waals surface area contributed by atoms with E-state index in [0.717, 1.165) is 6.07 Å². The van der Waals surface area contributed by atoms with Crippen molar-refractivity contribution in [2.45, 2.75) is 6.43 Å². The Morgan fingerprint density at radius 1 is 1.42 bits per heavy atom. The molecule has 0 aliphatic rings. The molecule has 0 amide bonds. The van der Waals surface area contributed by atoms with Crippen LogP contribution in [-0.4, -0.2) is 12.2 Å². The number of hydrogen-bond donors (Lipinski definition) is 1. The average Bonchev–Trinajstić information content (AvgIpc) is 2.04. The topological polar surface area (TPSA) is 29.5 Å². The highest BCUT2D eigenvalue weighted by molar-refractivity contribution is 5.40. The number of benzene rings is 1. The molecule has 0 aliphatic heterocycles. The van der Waals surface area contributed by atoms with Crippen LogP contribution in [0.5, 0.6) is 11.5 Å². The summed E-state index contributed by atoms with van der Waals surface area (Å²) in [4.78, 5) is 0. The first-order chi connectivity index (χ1) is 5.65. The summed E-state index contributed by atoms with van der Waals surface area (Å²) in [5.74, 6) is -0.103. The summed E-state index contributed by atoms with van der Waals surface area (Å²) >= 11 is 0. The van der Waals surface area contributed by atoms with Crippen LogP contribution in [0, 0.1) is 0 Å². The van der Waals surface area contributed by atoms with Gasteiger partial charge in [-0.05, 0) is 18.2 Å². The lowest BCUT2D eigenvalue weighted by Crippen LogP contribution is -1.91. The molecule has 2 nitrogen and oxygen atoms in total. The molecule has 66 valence electrons. The Kier molecular flexibility index (Phi) is 2.47. The molecule has 1 N–H and O–H groups in total. The maximum absolute atomic E-state index is 12.2. The number of hydrogen-bond acceptors (Lipinski definition) is 2. The van der Waals surface area contributed by atoms with Gasteiger partial charge in [-0.3, -0.25) is 0 Å².